The van der Waals surface area contributed by atoms with Crippen LogP contribution in [-0.2, 0) is 6.42 Å². The molecule has 1 atom stereocenters. The standard InChI is InChI=1S/C30H30N2O2/c1-3-8-26(21-24-9-7-12-30(22-24)32(33)34)25-15-19-29(20-16-25)31(27-10-5-4-6-11-27)28-17-13-23(2)14-18-28/h4-7,9-20,22,26H,3,8,21H2,1-2H3. The average molecular weight is 451 g/mol. The summed E-state index contributed by atoms with van der Waals surface area (Å²) in [7, 11) is 0. The third-order valence-electron chi connectivity index (χ3n) is 6.17. The zero-order chi connectivity index (χ0) is 23.9. The highest BCUT2D eigenvalue weighted by Gasteiger charge is 2.16. The lowest BCUT2D eigenvalue weighted by Crippen LogP contribution is -2.10. The summed E-state index contributed by atoms with van der Waals surface area (Å²) in [6, 6.07) is 34.7. The van der Waals surface area contributed by atoms with Crippen LogP contribution < -0.4 is 4.90 Å². The molecule has 0 saturated heterocycles. The fourth-order valence-electron chi connectivity index (χ4n) is 4.43. The molecule has 0 aliphatic heterocycles. The van der Waals surface area contributed by atoms with Crippen LogP contribution in [0.25, 0.3) is 0 Å². The minimum absolute atomic E-state index is 0.152. The van der Waals surface area contributed by atoms with E-state index in [-0.39, 0.29) is 10.6 Å². The van der Waals surface area contributed by atoms with Crippen molar-refractivity contribution in [3.8, 4) is 0 Å². The van der Waals surface area contributed by atoms with Gasteiger partial charge in [-0.15, -0.1) is 0 Å². The molecule has 34 heavy (non-hydrogen) atoms. The van der Waals surface area contributed by atoms with Gasteiger partial charge >= 0.3 is 0 Å². The van der Waals surface area contributed by atoms with E-state index in [0.717, 1.165) is 41.9 Å². The van der Waals surface area contributed by atoms with Crippen molar-refractivity contribution in [1.82, 2.24) is 0 Å². The van der Waals surface area contributed by atoms with Gasteiger partial charge in [0.05, 0.1) is 4.92 Å². The van der Waals surface area contributed by atoms with Crippen LogP contribution in [0.15, 0.2) is 103 Å². The Balaban J connectivity index is 1.64. The van der Waals surface area contributed by atoms with Crippen molar-refractivity contribution in [1.29, 1.82) is 0 Å². The molecular weight excluding hydrogens is 420 g/mol. The number of benzene rings is 4. The van der Waals surface area contributed by atoms with Gasteiger partial charge in [-0.3, -0.25) is 10.1 Å². The van der Waals surface area contributed by atoms with Crippen LogP contribution in [0.1, 0.15) is 42.4 Å². The number of hydrogen-bond donors (Lipinski definition) is 0. The summed E-state index contributed by atoms with van der Waals surface area (Å²) >= 11 is 0. The second kappa shape index (κ2) is 10.8. The molecule has 0 radical (unpaired) electrons. The smallest absolute Gasteiger partial charge is 0.269 e. The third-order valence-corrected chi connectivity index (χ3v) is 6.17. The first-order chi connectivity index (χ1) is 16.5. The molecule has 0 aliphatic carbocycles. The van der Waals surface area contributed by atoms with E-state index in [2.05, 4.69) is 91.5 Å². The van der Waals surface area contributed by atoms with E-state index in [1.807, 2.05) is 12.1 Å². The molecule has 0 bridgehead atoms. The molecular formula is C30H30N2O2. The van der Waals surface area contributed by atoms with Gasteiger partial charge in [0.2, 0.25) is 0 Å². The largest absolute Gasteiger partial charge is 0.311 e. The van der Waals surface area contributed by atoms with Gasteiger partial charge in [-0.05, 0) is 73.2 Å². The minimum Gasteiger partial charge on any atom is -0.311 e. The molecule has 172 valence electrons. The molecule has 0 N–H and O–H groups in total. The van der Waals surface area contributed by atoms with Gasteiger partial charge in [0.1, 0.15) is 0 Å². The first-order valence-corrected chi connectivity index (χ1v) is 11.8. The van der Waals surface area contributed by atoms with Gasteiger partial charge in [0.25, 0.3) is 5.69 Å². The van der Waals surface area contributed by atoms with Crippen molar-refractivity contribution >= 4 is 22.7 Å². The highest BCUT2D eigenvalue weighted by Crippen LogP contribution is 2.36. The van der Waals surface area contributed by atoms with Gasteiger partial charge in [-0.1, -0.05) is 73.5 Å². The zero-order valence-electron chi connectivity index (χ0n) is 19.7. The Kier molecular flexibility index (Phi) is 7.38. The number of para-hydroxylation sites is 1. The van der Waals surface area contributed by atoms with Gasteiger partial charge in [-0.25, -0.2) is 0 Å². The molecule has 4 rings (SSSR count). The van der Waals surface area contributed by atoms with Crippen LogP contribution in [0.5, 0.6) is 0 Å². The first-order valence-electron chi connectivity index (χ1n) is 11.8. The van der Waals surface area contributed by atoms with E-state index >= 15 is 0 Å². The summed E-state index contributed by atoms with van der Waals surface area (Å²) in [5.41, 5.74) is 6.98. The minimum atomic E-state index is -0.323. The highest BCUT2D eigenvalue weighted by atomic mass is 16.6. The quantitative estimate of drug-likeness (QED) is 0.190. The monoisotopic (exact) mass is 450 g/mol. The van der Waals surface area contributed by atoms with Crippen LogP contribution in [-0.4, -0.2) is 4.92 Å². The molecule has 4 aromatic carbocycles. The molecule has 0 aromatic heterocycles. The van der Waals surface area contributed by atoms with Crippen LogP contribution >= 0.6 is 0 Å². The molecule has 0 fully saturated rings. The number of hydrogen-bond acceptors (Lipinski definition) is 3. The van der Waals surface area contributed by atoms with E-state index in [1.165, 1.54) is 11.1 Å². The van der Waals surface area contributed by atoms with Crippen molar-refractivity contribution < 1.29 is 4.92 Å². The number of nitrogens with zero attached hydrogens (tertiary/aromatic N) is 2. The Labute approximate surface area is 201 Å². The topological polar surface area (TPSA) is 46.4 Å². The number of non-ortho nitro benzene ring substituents is 1. The van der Waals surface area contributed by atoms with Crippen molar-refractivity contribution in [2.45, 2.75) is 39.0 Å². The molecule has 0 heterocycles. The van der Waals surface area contributed by atoms with Gasteiger partial charge < -0.3 is 4.90 Å². The lowest BCUT2D eigenvalue weighted by Gasteiger charge is -2.26. The van der Waals surface area contributed by atoms with Gasteiger partial charge in [0, 0.05) is 29.2 Å². The maximum Gasteiger partial charge on any atom is 0.269 e. The SMILES string of the molecule is CCCC(Cc1cccc([N+](=O)[O-])c1)c1ccc(N(c2ccccc2)c2ccc(C)cc2)cc1. The Hall–Kier alpha value is -3.92. The zero-order valence-corrected chi connectivity index (χ0v) is 19.7. The summed E-state index contributed by atoms with van der Waals surface area (Å²) in [6.45, 7) is 4.28. The fraction of sp³-hybridized carbons (Fsp3) is 0.200. The number of aryl methyl sites for hydroxylation is 1. The number of rotatable bonds is 9. The van der Waals surface area contributed by atoms with Crippen LogP contribution in [0.2, 0.25) is 0 Å². The Morgan fingerprint density at radius 2 is 1.41 bits per heavy atom. The average Bonchev–Trinajstić information content (AvgIpc) is 2.86. The molecule has 4 nitrogen and oxygen atoms in total. The highest BCUT2D eigenvalue weighted by molar-refractivity contribution is 5.76. The van der Waals surface area contributed by atoms with Crippen molar-refractivity contribution in [2.75, 3.05) is 4.90 Å². The number of nitro groups is 1. The Morgan fingerprint density at radius 3 is 2.03 bits per heavy atom. The van der Waals surface area contributed by atoms with Crippen molar-refractivity contribution in [2.24, 2.45) is 0 Å². The summed E-state index contributed by atoms with van der Waals surface area (Å²) in [4.78, 5) is 13.1. The van der Waals surface area contributed by atoms with E-state index in [4.69, 9.17) is 0 Å². The van der Waals surface area contributed by atoms with E-state index < -0.39 is 0 Å². The fourth-order valence-corrected chi connectivity index (χ4v) is 4.43. The maximum atomic E-state index is 11.2. The van der Waals surface area contributed by atoms with Crippen molar-refractivity contribution in [3.05, 3.63) is 130 Å². The van der Waals surface area contributed by atoms with E-state index in [0.29, 0.717) is 5.92 Å². The summed E-state index contributed by atoms with van der Waals surface area (Å²) in [5, 5.41) is 11.2. The van der Waals surface area contributed by atoms with E-state index in [1.54, 1.807) is 18.2 Å². The predicted octanol–water partition coefficient (Wildman–Crippen LogP) is 8.50. The van der Waals surface area contributed by atoms with Crippen LogP contribution in [0, 0.1) is 17.0 Å². The van der Waals surface area contributed by atoms with E-state index in [9.17, 15) is 10.1 Å². The van der Waals surface area contributed by atoms with Crippen LogP contribution in [0.3, 0.4) is 0 Å². The summed E-state index contributed by atoms with van der Waals surface area (Å²) in [6.07, 6.45) is 2.87. The Bertz CT molecular complexity index is 1220. The maximum absolute atomic E-state index is 11.2. The lowest BCUT2D eigenvalue weighted by atomic mass is 9.88. The second-order valence-electron chi connectivity index (χ2n) is 8.71. The molecule has 1 unspecified atom stereocenters. The molecule has 4 heteroatoms. The first kappa shape index (κ1) is 23.2. The lowest BCUT2D eigenvalue weighted by molar-refractivity contribution is -0.384. The molecule has 0 spiro atoms. The number of anilines is 3. The van der Waals surface area contributed by atoms with Crippen LogP contribution in [0.4, 0.5) is 22.7 Å². The van der Waals surface area contributed by atoms with Gasteiger partial charge in [-0.2, -0.15) is 0 Å². The molecule has 0 aliphatic rings. The Morgan fingerprint density at radius 1 is 0.794 bits per heavy atom. The molecule has 0 saturated carbocycles. The van der Waals surface area contributed by atoms with Crippen molar-refractivity contribution in [3.63, 3.8) is 0 Å². The second-order valence-corrected chi connectivity index (χ2v) is 8.71. The summed E-state index contributed by atoms with van der Waals surface area (Å²) in [5.74, 6) is 0.311. The normalized spacial score (nSPS) is 11.7. The van der Waals surface area contributed by atoms with Gasteiger partial charge in [0.15, 0.2) is 0 Å². The third kappa shape index (κ3) is 5.52. The number of nitro benzene ring substituents is 1. The molecule has 4 aromatic rings. The summed E-state index contributed by atoms with van der Waals surface area (Å²) < 4.78 is 0. The molecule has 0 amide bonds. The predicted molar refractivity (Wildman–Crippen MR) is 140 cm³/mol.